The average molecular weight is 154 g/mol. The molecule has 5 heteroatoms. The molecule has 0 aromatic heterocycles. The molecule has 0 unspecified atom stereocenters. The van der Waals surface area contributed by atoms with Gasteiger partial charge in [0, 0.05) is 31.8 Å². The first-order valence-corrected chi connectivity index (χ1v) is 0.928. The Labute approximate surface area is 78.3 Å². The van der Waals surface area contributed by atoms with Gasteiger partial charge in [-0.2, -0.15) is 0 Å². The fourth-order valence-corrected chi connectivity index (χ4v) is 0. The molecule has 0 aliphatic carbocycles. The second-order valence-corrected chi connectivity index (χ2v) is 0.519. The van der Waals surface area contributed by atoms with Crippen LogP contribution in [-0.2, 0) is 21.3 Å². The molecule has 0 aliphatic rings. The molecule has 7 heavy (non-hydrogen) atoms. The second kappa shape index (κ2) is 15.7. The van der Waals surface area contributed by atoms with E-state index in [1.807, 2.05) is 0 Å². The molecule has 0 heterocycles. The predicted octanol–water partition coefficient (Wildman–Crippen LogP) is -3.18. The number of hydrogen-bond donors (Lipinski definition) is 1. The van der Waals surface area contributed by atoms with Crippen LogP contribution in [0.2, 0.25) is 0 Å². The van der Waals surface area contributed by atoms with Crippen LogP contribution >= 0.6 is 0 Å². The number of rotatable bonds is 0. The summed E-state index contributed by atoms with van der Waals surface area (Å²) in [6.07, 6.45) is 0. The summed E-state index contributed by atoms with van der Waals surface area (Å²) >= 11 is 0. The summed E-state index contributed by atoms with van der Waals surface area (Å²) in [7, 11) is 0. The minimum Gasteiger partial charge on any atom is -1.00 e. The van der Waals surface area contributed by atoms with Crippen molar-refractivity contribution in [1.29, 1.82) is 0 Å². The SMILES string of the molecule is CC(=O)O.[B].[H-].[Na+].[Ni]. The molecule has 3 radical (unpaired) electrons. The van der Waals surface area contributed by atoms with Gasteiger partial charge in [-0.05, 0) is 0 Å². The molecule has 2 nitrogen and oxygen atoms in total. The van der Waals surface area contributed by atoms with E-state index in [0.717, 1.165) is 6.92 Å². The molecule has 0 saturated heterocycles. The Morgan fingerprint density at radius 3 is 1.71 bits per heavy atom. The van der Waals surface area contributed by atoms with Gasteiger partial charge in [0.05, 0.1) is 0 Å². The second-order valence-electron chi connectivity index (χ2n) is 0.519. The van der Waals surface area contributed by atoms with E-state index in [1.54, 1.807) is 0 Å². The van der Waals surface area contributed by atoms with Gasteiger partial charge in [-0.25, -0.2) is 0 Å². The van der Waals surface area contributed by atoms with E-state index in [0.29, 0.717) is 0 Å². The molecule has 0 spiro atoms. The van der Waals surface area contributed by atoms with Crippen molar-refractivity contribution in [1.82, 2.24) is 0 Å². The van der Waals surface area contributed by atoms with E-state index in [2.05, 4.69) is 0 Å². The molecule has 0 amide bonds. The molecule has 1 N–H and O–H groups in total. The van der Waals surface area contributed by atoms with Crippen molar-refractivity contribution in [2.75, 3.05) is 0 Å². The van der Waals surface area contributed by atoms with Crippen LogP contribution in [0.25, 0.3) is 0 Å². The molecule has 0 atom stereocenters. The zero-order valence-corrected chi connectivity index (χ0v) is 7.24. The third-order valence-electron chi connectivity index (χ3n) is 0. The maximum absolute atomic E-state index is 9.00. The van der Waals surface area contributed by atoms with Crippen molar-refractivity contribution in [3.05, 3.63) is 0 Å². The summed E-state index contributed by atoms with van der Waals surface area (Å²) < 4.78 is 0. The normalized spacial score (nSPS) is 3.57. The number of carbonyl (C=O) groups is 1. The zero-order chi connectivity index (χ0) is 3.58. The topological polar surface area (TPSA) is 37.3 Å². The standard InChI is InChI=1S/C2H4O2.B.Na.Ni.H/c1-2(3)4;;;;/h1H3,(H,3,4);;;;/q;;+1;;-1. The van der Waals surface area contributed by atoms with Gasteiger partial charge in [-0.3, -0.25) is 4.79 Å². The van der Waals surface area contributed by atoms with Crippen molar-refractivity contribution in [2.45, 2.75) is 6.92 Å². The molecule has 0 bridgehead atoms. The molecular weight excluding hydrogens is 149 g/mol. The minimum absolute atomic E-state index is 0. The maximum Gasteiger partial charge on any atom is 1.00 e. The molecule has 39 valence electrons. The van der Waals surface area contributed by atoms with Gasteiger partial charge in [-0.1, -0.05) is 0 Å². The quantitative estimate of drug-likeness (QED) is 0.373. The van der Waals surface area contributed by atoms with Crippen LogP contribution in [0.4, 0.5) is 0 Å². The Kier molecular flexibility index (Phi) is 55.0. The predicted molar refractivity (Wildman–Crippen MR) is 20.2 cm³/mol. The van der Waals surface area contributed by atoms with E-state index < -0.39 is 5.97 Å². The number of carboxylic acid groups (broad SMARTS) is 1. The third-order valence-corrected chi connectivity index (χ3v) is 0. The summed E-state index contributed by atoms with van der Waals surface area (Å²) in [5, 5.41) is 7.42. The Hall–Kier alpha value is 1.03. The van der Waals surface area contributed by atoms with Gasteiger partial charge in [0.25, 0.3) is 5.97 Å². The minimum atomic E-state index is -0.833. The van der Waals surface area contributed by atoms with E-state index in [-0.39, 0.29) is 55.9 Å². The Bertz CT molecular complexity index is 43.0. The molecule has 0 aliphatic heterocycles. The first-order valence-electron chi connectivity index (χ1n) is 0.928. The summed E-state index contributed by atoms with van der Waals surface area (Å²) in [4.78, 5) is 9.00. The summed E-state index contributed by atoms with van der Waals surface area (Å²) in [5.41, 5.74) is 0. The maximum atomic E-state index is 9.00. The first-order chi connectivity index (χ1) is 1.73. The summed E-state index contributed by atoms with van der Waals surface area (Å²) in [5.74, 6) is -0.833. The van der Waals surface area contributed by atoms with Gasteiger partial charge >= 0.3 is 29.6 Å². The smallest absolute Gasteiger partial charge is 1.00 e. The Morgan fingerprint density at radius 2 is 1.71 bits per heavy atom. The van der Waals surface area contributed by atoms with Crippen LogP contribution in [0.1, 0.15) is 8.35 Å². The van der Waals surface area contributed by atoms with Crippen molar-refractivity contribution in [3.63, 3.8) is 0 Å². The van der Waals surface area contributed by atoms with Crippen LogP contribution in [0, 0.1) is 0 Å². The van der Waals surface area contributed by atoms with Gasteiger partial charge in [0.1, 0.15) is 0 Å². The molecule has 0 fully saturated rings. The van der Waals surface area contributed by atoms with Crippen LogP contribution in [0.3, 0.4) is 0 Å². The molecular formula is C2H5BNaNiO2. The fraction of sp³-hybridized carbons (Fsp3) is 0.500. The van der Waals surface area contributed by atoms with Crippen LogP contribution < -0.4 is 29.6 Å². The number of carboxylic acids is 1. The van der Waals surface area contributed by atoms with Crippen molar-refractivity contribution in [2.24, 2.45) is 0 Å². The average Bonchev–Trinajstić information content (AvgIpc) is 0.811. The van der Waals surface area contributed by atoms with Crippen LogP contribution in [0.5, 0.6) is 0 Å². The van der Waals surface area contributed by atoms with Gasteiger partial charge < -0.3 is 6.53 Å². The van der Waals surface area contributed by atoms with E-state index in [4.69, 9.17) is 9.90 Å². The molecule has 0 saturated carbocycles. The molecule has 0 rings (SSSR count). The number of hydrogen-bond acceptors (Lipinski definition) is 1. The third kappa shape index (κ3) is 168. The van der Waals surface area contributed by atoms with Crippen molar-refractivity contribution < 1.29 is 57.4 Å². The van der Waals surface area contributed by atoms with Crippen LogP contribution in [0.15, 0.2) is 0 Å². The largest absolute Gasteiger partial charge is 1.00 e. The monoisotopic (exact) mass is 153 g/mol. The van der Waals surface area contributed by atoms with E-state index >= 15 is 0 Å². The van der Waals surface area contributed by atoms with Gasteiger partial charge in [-0.15, -0.1) is 0 Å². The molecule has 0 aromatic carbocycles. The van der Waals surface area contributed by atoms with Gasteiger partial charge in [0.15, 0.2) is 0 Å². The van der Waals surface area contributed by atoms with Gasteiger partial charge in [0.2, 0.25) is 0 Å². The summed E-state index contributed by atoms with van der Waals surface area (Å²) in [6, 6.07) is 0. The van der Waals surface area contributed by atoms with E-state index in [9.17, 15) is 0 Å². The Balaban J connectivity index is -0.00000000750. The molecule has 0 aromatic rings. The summed E-state index contributed by atoms with van der Waals surface area (Å²) in [6.45, 7) is 1.08. The first kappa shape index (κ1) is 24.4. The fourth-order valence-electron chi connectivity index (χ4n) is 0. The Morgan fingerprint density at radius 1 is 1.71 bits per heavy atom. The van der Waals surface area contributed by atoms with Crippen molar-refractivity contribution >= 4 is 14.4 Å². The van der Waals surface area contributed by atoms with E-state index in [1.165, 1.54) is 0 Å². The van der Waals surface area contributed by atoms with Crippen LogP contribution in [-0.4, -0.2) is 19.5 Å². The number of aliphatic carboxylic acids is 1. The zero-order valence-electron chi connectivity index (χ0n) is 5.25. The van der Waals surface area contributed by atoms with Crippen molar-refractivity contribution in [3.8, 4) is 0 Å².